The molecule has 1 aromatic rings. The lowest BCUT2D eigenvalue weighted by molar-refractivity contribution is 0.522. The second-order valence-electron chi connectivity index (χ2n) is 5.33. The average molecular weight is 279 g/mol. The van der Waals surface area contributed by atoms with E-state index in [4.69, 9.17) is 0 Å². The van der Waals surface area contributed by atoms with Gasteiger partial charge in [-0.3, -0.25) is 0 Å². The fraction of sp³-hybridized carbons (Fsp3) is 0.600. The number of thioether (sulfide) groups is 2. The van der Waals surface area contributed by atoms with Crippen LogP contribution in [0.2, 0.25) is 0 Å². The van der Waals surface area contributed by atoms with Crippen LogP contribution in [0.1, 0.15) is 24.8 Å². The van der Waals surface area contributed by atoms with Crippen molar-refractivity contribution >= 4 is 23.5 Å². The predicted molar refractivity (Wildman–Crippen MR) is 82.7 cm³/mol. The lowest BCUT2D eigenvalue weighted by Gasteiger charge is -2.16. The Morgan fingerprint density at radius 1 is 1.33 bits per heavy atom. The zero-order chi connectivity index (χ0) is 12.4. The fourth-order valence-corrected chi connectivity index (χ4v) is 5.06. The Morgan fingerprint density at radius 2 is 2.22 bits per heavy atom. The molecule has 0 radical (unpaired) electrons. The molecule has 0 saturated heterocycles. The van der Waals surface area contributed by atoms with Crippen LogP contribution in [0.15, 0.2) is 29.2 Å². The van der Waals surface area contributed by atoms with E-state index in [0.717, 1.165) is 16.5 Å². The van der Waals surface area contributed by atoms with E-state index in [1.165, 1.54) is 37.1 Å². The third kappa shape index (κ3) is 2.89. The van der Waals surface area contributed by atoms with Crippen LogP contribution in [-0.4, -0.2) is 29.3 Å². The first-order chi connectivity index (χ1) is 8.85. The molecule has 2 aliphatic rings. The van der Waals surface area contributed by atoms with E-state index in [0.29, 0.717) is 0 Å². The molecule has 18 heavy (non-hydrogen) atoms. The minimum absolute atomic E-state index is 0.746. The largest absolute Gasteiger partial charge is 0.313 e. The number of fused-ring (bicyclic) bond motifs is 1. The van der Waals surface area contributed by atoms with Gasteiger partial charge in [0.2, 0.25) is 0 Å². The highest BCUT2D eigenvalue weighted by Gasteiger charge is 2.26. The van der Waals surface area contributed by atoms with E-state index >= 15 is 0 Å². The quantitative estimate of drug-likeness (QED) is 0.905. The Labute approximate surface area is 119 Å². The van der Waals surface area contributed by atoms with Crippen molar-refractivity contribution in [2.24, 2.45) is 0 Å². The first-order valence-corrected chi connectivity index (χ1v) is 9.02. The molecule has 0 spiro atoms. The van der Waals surface area contributed by atoms with Crippen LogP contribution in [0.4, 0.5) is 0 Å². The van der Waals surface area contributed by atoms with E-state index < -0.39 is 0 Å². The Bertz CT molecular complexity index is 382. The summed E-state index contributed by atoms with van der Waals surface area (Å²) in [5.41, 5.74) is 1.54. The Balaban J connectivity index is 1.46. The van der Waals surface area contributed by atoms with Gasteiger partial charge in [-0.25, -0.2) is 0 Å². The highest BCUT2D eigenvalue weighted by Crippen LogP contribution is 2.36. The summed E-state index contributed by atoms with van der Waals surface area (Å²) in [6, 6.07) is 9.63. The van der Waals surface area contributed by atoms with Crippen LogP contribution in [0.3, 0.4) is 0 Å². The summed E-state index contributed by atoms with van der Waals surface area (Å²) in [6.07, 6.45) is 7.63. The van der Waals surface area contributed by atoms with Gasteiger partial charge in [-0.05, 0) is 43.6 Å². The summed E-state index contributed by atoms with van der Waals surface area (Å²) < 4.78 is 0. The van der Waals surface area contributed by atoms with Gasteiger partial charge in [0.15, 0.2) is 0 Å². The number of rotatable bonds is 4. The maximum absolute atomic E-state index is 3.79. The highest BCUT2D eigenvalue weighted by molar-refractivity contribution is 8.00. The molecule has 3 unspecified atom stereocenters. The Kier molecular flexibility index (Phi) is 4.22. The lowest BCUT2D eigenvalue weighted by Crippen LogP contribution is -2.32. The molecule has 1 aliphatic heterocycles. The number of nitrogens with one attached hydrogen (secondary N) is 1. The normalized spacial score (nSPS) is 30.6. The van der Waals surface area contributed by atoms with Gasteiger partial charge in [-0.2, -0.15) is 11.8 Å². The Hall–Kier alpha value is -0.120. The number of hydrogen-bond donors (Lipinski definition) is 1. The van der Waals surface area contributed by atoms with Crippen molar-refractivity contribution in [3.8, 4) is 0 Å². The molecule has 1 saturated carbocycles. The predicted octanol–water partition coefficient (Wildman–Crippen LogP) is 3.58. The highest BCUT2D eigenvalue weighted by atomic mass is 32.2. The second-order valence-corrected chi connectivity index (χ2v) is 7.81. The third-order valence-corrected chi connectivity index (χ3v) is 6.48. The van der Waals surface area contributed by atoms with E-state index in [2.05, 4.69) is 47.6 Å². The average Bonchev–Trinajstić information content (AvgIpc) is 3.02. The smallest absolute Gasteiger partial charge is 0.0260 e. The lowest BCUT2D eigenvalue weighted by atomic mass is 10.1. The molecular weight excluding hydrogens is 258 g/mol. The van der Waals surface area contributed by atoms with Gasteiger partial charge in [0.05, 0.1) is 0 Å². The molecule has 3 rings (SSSR count). The summed E-state index contributed by atoms with van der Waals surface area (Å²) in [5, 5.41) is 5.43. The monoisotopic (exact) mass is 279 g/mol. The van der Waals surface area contributed by atoms with E-state index in [9.17, 15) is 0 Å². The fourth-order valence-electron chi connectivity index (χ4n) is 3.01. The second kappa shape index (κ2) is 5.89. The number of benzene rings is 1. The molecule has 3 heteroatoms. The summed E-state index contributed by atoms with van der Waals surface area (Å²) in [7, 11) is 0. The molecule has 1 heterocycles. The van der Waals surface area contributed by atoms with Gasteiger partial charge in [-0.1, -0.05) is 18.2 Å². The minimum Gasteiger partial charge on any atom is -0.313 e. The maximum Gasteiger partial charge on any atom is 0.0260 e. The maximum atomic E-state index is 3.79. The summed E-state index contributed by atoms with van der Waals surface area (Å²) in [6.45, 7) is 1.17. The zero-order valence-electron chi connectivity index (χ0n) is 10.9. The molecule has 3 atom stereocenters. The van der Waals surface area contributed by atoms with Gasteiger partial charge >= 0.3 is 0 Å². The van der Waals surface area contributed by atoms with Crippen molar-refractivity contribution in [3.05, 3.63) is 29.8 Å². The summed E-state index contributed by atoms with van der Waals surface area (Å²) in [5.74, 6) is 0. The van der Waals surface area contributed by atoms with Gasteiger partial charge in [-0.15, -0.1) is 11.8 Å². The summed E-state index contributed by atoms with van der Waals surface area (Å²) in [4.78, 5) is 1.50. The molecule has 0 bridgehead atoms. The van der Waals surface area contributed by atoms with Crippen LogP contribution < -0.4 is 5.32 Å². The van der Waals surface area contributed by atoms with Crippen LogP contribution in [0.5, 0.6) is 0 Å². The molecule has 1 aliphatic carbocycles. The van der Waals surface area contributed by atoms with E-state index in [1.54, 1.807) is 5.56 Å². The topological polar surface area (TPSA) is 12.0 Å². The molecule has 1 fully saturated rings. The van der Waals surface area contributed by atoms with E-state index in [-0.39, 0.29) is 0 Å². The van der Waals surface area contributed by atoms with Crippen LogP contribution >= 0.6 is 23.5 Å². The van der Waals surface area contributed by atoms with Gasteiger partial charge < -0.3 is 5.32 Å². The van der Waals surface area contributed by atoms with Crippen molar-refractivity contribution < 1.29 is 0 Å². The summed E-state index contributed by atoms with van der Waals surface area (Å²) >= 11 is 4.10. The van der Waals surface area contributed by atoms with Crippen molar-refractivity contribution in [1.82, 2.24) is 5.32 Å². The first-order valence-electron chi connectivity index (χ1n) is 6.86. The van der Waals surface area contributed by atoms with Crippen LogP contribution in [0.25, 0.3) is 0 Å². The number of hydrogen-bond acceptors (Lipinski definition) is 3. The van der Waals surface area contributed by atoms with Gasteiger partial charge in [0, 0.05) is 28.0 Å². The Morgan fingerprint density at radius 3 is 3.00 bits per heavy atom. The van der Waals surface area contributed by atoms with Crippen LogP contribution in [-0.2, 0) is 6.42 Å². The molecule has 1 nitrogen and oxygen atoms in total. The SMILES string of the molecule is CSC1CCC(NCC2Cc3ccccc3S2)C1. The minimum atomic E-state index is 0.746. The van der Waals surface area contributed by atoms with Crippen molar-refractivity contribution in [3.63, 3.8) is 0 Å². The van der Waals surface area contributed by atoms with Crippen molar-refractivity contribution in [2.75, 3.05) is 12.8 Å². The third-order valence-electron chi connectivity index (χ3n) is 4.07. The van der Waals surface area contributed by atoms with Gasteiger partial charge in [0.1, 0.15) is 0 Å². The molecule has 0 amide bonds. The van der Waals surface area contributed by atoms with Crippen molar-refractivity contribution in [2.45, 2.75) is 47.1 Å². The van der Waals surface area contributed by atoms with Gasteiger partial charge in [0.25, 0.3) is 0 Å². The molecule has 1 N–H and O–H groups in total. The first kappa shape index (κ1) is 12.9. The van der Waals surface area contributed by atoms with Crippen molar-refractivity contribution in [1.29, 1.82) is 0 Å². The molecule has 1 aromatic carbocycles. The molecular formula is C15H21NS2. The van der Waals surface area contributed by atoms with Crippen LogP contribution in [0, 0.1) is 0 Å². The molecule has 98 valence electrons. The molecule has 0 aromatic heterocycles. The standard InChI is InChI=1S/C15H21NS2/c1-17-13-7-6-12(9-13)16-10-14-8-11-4-2-3-5-15(11)18-14/h2-5,12-14,16H,6-10H2,1H3. The zero-order valence-corrected chi connectivity index (χ0v) is 12.5. The van der Waals surface area contributed by atoms with E-state index in [1.807, 2.05) is 11.8 Å².